The zero-order valence-electron chi connectivity index (χ0n) is 11.0. The van der Waals surface area contributed by atoms with Crippen LogP contribution in [0.15, 0.2) is 18.3 Å². The molecule has 1 fully saturated rings. The van der Waals surface area contributed by atoms with Gasteiger partial charge in [0.25, 0.3) is 0 Å². The Balaban J connectivity index is 2.04. The number of aromatic carboxylic acids is 1. The summed E-state index contributed by atoms with van der Waals surface area (Å²) in [5, 5.41) is 9.10. The number of aromatic nitrogens is 2. The lowest BCUT2D eigenvalue weighted by Crippen LogP contribution is -2.29. The zero-order valence-corrected chi connectivity index (χ0v) is 11.0. The molecule has 0 unspecified atom stereocenters. The fraction of sp³-hybridized carbons (Fsp3) is 0.429. The van der Waals surface area contributed by atoms with Crippen LogP contribution in [0.2, 0.25) is 0 Å². The molecule has 5 nitrogen and oxygen atoms in total. The van der Waals surface area contributed by atoms with E-state index in [1.165, 1.54) is 19.3 Å². The van der Waals surface area contributed by atoms with Crippen LogP contribution in [0.25, 0.3) is 5.65 Å². The first kappa shape index (κ1) is 12.0. The Morgan fingerprint density at radius 3 is 2.68 bits per heavy atom. The van der Waals surface area contributed by atoms with Crippen molar-refractivity contribution in [2.45, 2.75) is 26.2 Å². The van der Waals surface area contributed by atoms with Crippen molar-refractivity contribution in [1.82, 2.24) is 9.38 Å². The van der Waals surface area contributed by atoms with Gasteiger partial charge in [-0.25, -0.2) is 9.78 Å². The number of fused-ring (bicyclic) bond motifs is 1. The Labute approximate surface area is 111 Å². The predicted molar refractivity (Wildman–Crippen MR) is 73.0 cm³/mol. The molecule has 0 atom stereocenters. The smallest absolute Gasteiger partial charge is 0.356 e. The largest absolute Gasteiger partial charge is 0.476 e. The van der Waals surface area contributed by atoms with Crippen LogP contribution >= 0.6 is 0 Å². The number of hydrogen-bond acceptors (Lipinski definition) is 3. The molecule has 19 heavy (non-hydrogen) atoms. The van der Waals surface area contributed by atoms with Crippen molar-refractivity contribution >= 4 is 17.3 Å². The number of carboxylic acids is 1. The van der Waals surface area contributed by atoms with E-state index < -0.39 is 5.97 Å². The minimum Gasteiger partial charge on any atom is -0.476 e. The fourth-order valence-electron chi connectivity index (χ4n) is 2.69. The first-order valence-corrected chi connectivity index (χ1v) is 6.64. The molecule has 0 radical (unpaired) electrons. The van der Waals surface area contributed by atoms with Gasteiger partial charge in [0, 0.05) is 19.3 Å². The molecule has 0 bridgehead atoms. The summed E-state index contributed by atoms with van der Waals surface area (Å²) in [6.45, 7) is 3.94. The van der Waals surface area contributed by atoms with Gasteiger partial charge in [-0.2, -0.15) is 0 Å². The summed E-state index contributed by atoms with van der Waals surface area (Å²) in [4.78, 5) is 17.6. The normalized spacial score (nSPS) is 15.9. The van der Waals surface area contributed by atoms with Crippen molar-refractivity contribution < 1.29 is 9.90 Å². The number of imidazole rings is 1. The average molecular weight is 259 g/mol. The Kier molecular flexibility index (Phi) is 2.89. The van der Waals surface area contributed by atoms with Gasteiger partial charge in [0.2, 0.25) is 0 Å². The maximum atomic E-state index is 11.1. The molecular weight excluding hydrogens is 242 g/mol. The van der Waals surface area contributed by atoms with E-state index in [0.29, 0.717) is 11.3 Å². The van der Waals surface area contributed by atoms with Crippen LogP contribution < -0.4 is 4.90 Å². The number of rotatable bonds is 2. The summed E-state index contributed by atoms with van der Waals surface area (Å²) < 4.78 is 1.87. The molecule has 2 aromatic rings. The van der Waals surface area contributed by atoms with E-state index in [4.69, 9.17) is 5.11 Å². The van der Waals surface area contributed by atoms with Crippen molar-refractivity contribution in [3.8, 4) is 0 Å². The second-order valence-electron chi connectivity index (χ2n) is 5.01. The summed E-state index contributed by atoms with van der Waals surface area (Å²) in [6.07, 6.45) is 5.74. The summed E-state index contributed by atoms with van der Waals surface area (Å²) in [5.41, 5.74) is 2.65. The number of hydrogen-bond donors (Lipinski definition) is 1. The lowest BCUT2D eigenvalue weighted by atomic mass is 10.1. The summed E-state index contributed by atoms with van der Waals surface area (Å²) >= 11 is 0. The Morgan fingerprint density at radius 1 is 1.26 bits per heavy atom. The fourth-order valence-corrected chi connectivity index (χ4v) is 2.69. The SMILES string of the molecule is Cc1c(C(=O)O)nc2ccc(N3CCCCC3)cn12. The van der Waals surface area contributed by atoms with Crippen LogP contribution in [0.3, 0.4) is 0 Å². The van der Waals surface area contributed by atoms with E-state index in [1.807, 2.05) is 22.7 Å². The van der Waals surface area contributed by atoms with Gasteiger partial charge in [-0.3, -0.25) is 0 Å². The van der Waals surface area contributed by atoms with Crippen molar-refractivity contribution in [3.63, 3.8) is 0 Å². The summed E-state index contributed by atoms with van der Waals surface area (Å²) in [6, 6.07) is 3.92. The maximum absolute atomic E-state index is 11.1. The topological polar surface area (TPSA) is 57.8 Å². The minimum atomic E-state index is -0.972. The minimum absolute atomic E-state index is 0.135. The first-order valence-electron chi connectivity index (χ1n) is 6.64. The molecule has 100 valence electrons. The quantitative estimate of drug-likeness (QED) is 0.899. The van der Waals surface area contributed by atoms with Gasteiger partial charge in [0.05, 0.1) is 11.4 Å². The number of anilines is 1. The molecule has 0 aromatic carbocycles. The molecule has 1 saturated heterocycles. The molecule has 2 aromatic heterocycles. The molecule has 0 aliphatic carbocycles. The van der Waals surface area contributed by atoms with E-state index in [2.05, 4.69) is 9.88 Å². The van der Waals surface area contributed by atoms with Crippen molar-refractivity contribution in [2.24, 2.45) is 0 Å². The Morgan fingerprint density at radius 2 is 2.00 bits per heavy atom. The highest BCUT2D eigenvalue weighted by atomic mass is 16.4. The average Bonchev–Trinajstić information content (AvgIpc) is 2.77. The lowest BCUT2D eigenvalue weighted by molar-refractivity contribution is 0.0690. The molecule has 1 aliphatic heterocycles. The van der Waals surface area contributed by atoms with Crippen molar-refractivity contribution in [1.29, 1.82) is 0 Å². The molecule has 1 N–H and O–H groups in total. The van der Waals surface area contributed by atoms with Gasteiger partial charge in [0.15, 0.2) is 5.69 Å². The summed E-state index contributed by atoms with van der Waals surface area (Å²) in [7, 11) is 0. The second-order valence-corrected chi connectivity index (χ2v) is 5.01. The highest BCUT2D eigenvalue weighted by molar-refractivity contribution is 5.87. The van der Waals surface area contributed by atoms with E-state index >= 15 is 0 Å². The number of piperidine rings is 1. The summed E-state index contributed by atoms with van der Waals surface area (Å²) in [5.74, 6) is -0.972. The zero-order chi connectivity index (χ0) is 13.4. The number of aryl methyl sites for hydroxylation is 1. The first-order chi connectivity index (χ1) is 9.16. The third-order valence-electron chi connectivity index (χ3n) is 3.77. The molecule has 3 heterocycles. The van der Waals surface area contributed by atoms with Crippen LogP contribution in [-0.4, -0.2) is 33.6 Å². The molecule has 3 rings (SSSR count). The third kappa shape index (κ3) is 2.05. The third-order valence-corrected chi connectivity index (χ3v) is 3.77. The number of carbonyl (C=O) groups is 1. The van der Waals surface area contributed by atoms with Gasteiger partial charge >= 0.3 is 5.97 Å². The van der Waals surface area contributed by atoms with Gasteiger partial charge in [0.1, 0.15) is 5.65 Å². The van der Waals surface area contributed by atoms with Gasteiger partial charge in [-0.15, -0.1) is 0 Å². The van der Waals surface area contributed by atoms with Gasteiger partial charge in [-0.1, -0.05) is 0 Å². The number of pyridine rings is 1. The highest BCUT2D eigenvalue weighted by Gasteiger charge is 2.16. The highest BCUT2D eigenvalue weighted by Crippen LogP contribution is 2.22. The molecule has 1 aliphatic rings. The maximum Gasteiger partial charge on any atom is 0.356 e. The van der Waals surface area contributed by atoms with Crippen LogP contribution in [0.4, 0.5) is 5.69 Å². The van der Waals surface area contributed by atoms with Crippen molar-refractivity contribution in [2.75, 3.05) is 18.0 Å². The Hall–Kier alpha value is -2.04. The number of nitrogens with zero attached hydrogens (tertiary/aromatic N) is 3. The van der Waals surface area contributed by atoms with Gasteiger partial charge < -0.3 is 14.4 Å². The standard InChI is InChI=1S/C14H17N3O2/c1-10-13(14(18)19)15-12-6-5-11(9-17(10)12)16-7-3-2-4-8-16/h5-6,9H,2-4,7-8H2,1H3,(H,18,19). The second kappa shape index (κ2) is 4.57. The molecule has 0 amide bonds. The van der Waals surface area contributed by atoms with Crippen LogP contribution in [0.5, 0.6) is 0 Å². The van der Waals surface area contributed by atoms with E-state index in [9.17, 15) is 4.79 Å². The van der Waals surface area contributed by atoms with Crippen LogP contribution in [-0.2, 0) is 0 Å². The van der Waals surface area contributed by atoms with Crippen LogP contribution in [0.1, 0.15) is 35.4 Å². The van der Waals surface area contributed by atoms with Gasteiger partial charge in [-0.05, 0) is 38.3 Å². The monoisotopic (exact) mass is 259 g/mol. The Bertz CT molecular complexity index is 627. The molecular formula is C14H17N3O2. The van der Waals surface area contributed by atoms with E-state index in [0.717, 1.165) is 18.8 Å². The van der Waals surface area contributed by atoms with E-state index in [-0.39, 0.29) is 5.69 Å². The predicted octanol–water partition coefficient (Wildman–Crippen LogP) is 2.33. The molecule has 0 saturated carbocycles. The van der Waals surface area contributed by atoms with E-state index in [1.54, 1.807) is 6.92 Å². The van der Waals surface area contributed by atoms with Crippen LogP contribution in [0, 0.1) is 6.92 Å². The van der Waals surface area contributed by atoms with Crippen molar-refractivity contribution in [3.05, 3.63) is 29.7 Å². The number of carboxylic acid groups (broad SMARTS) is 1. The molecule has 5 heteroatoms. The molecule has 0 spiro atoms. The lowest BCUT2D eigenvalue weighted by Gasteiger charge is -2.28.